The van der Waals surface area contributed by atoms with Gasteiger partial charge in [-0.15, -0.1) is 0 Å². The Kier molecular flexibility index (Phi) is 8.03. The summed E-state index contributed by atoms with van der Waals surface area (Å²) >= 11 is 0. The maximum atomic E-state index is 13.4. The first kappa shape index (κ1) is 25.6. The van der Waals surface area contributed by atoms with Crippen molar-refractivity contribution in [2.45, 2.75) is 45.8 Å². The van der Waals surface area contributed by atoms with Crippen LogP contribution < -0.4 is 5.32 Å². The molecule has 0 saturated carbocycles. The number of nitrogens with one attached hydrogen (secondary N) is 1. The Morgan fingerprint density at radius 1 is 0.943 bits per heavy atom. The van der Waals surface area contributed by atoms with E-state index in [1.165, 1.54) is 7.11 Å². The summed E-state index contributed by atoms with van der Waals surface area (Å²) in [6.07, 6.45) is -1.44. The first-order valence-electron chi connectivity index (χ1n) is 11.0. The third-order valence-electron chi connectivity index (χ3n) is 5.37. The van der Waals surface area contributed by atoms with Crippen molar-refractivity contribution >= 4 is 23.8 Å². The average Bonchev–Trinajstić information content (AvgIpc) is 2.84. The molecular formula is C26H28N2O7. The molecule has 184 valence electrons. The minimum atomic E-state index is -1.99. The molecule has 1 aliphatic heterocycles. The molecule has 1 saturated heterocycles. The summed E-state index contributed by atoms with van der Waals surface area (Å²) < 4.78 is 16.2. The highest BCUT2D eigenvalue weighted by molar-refractivity contribution is 6.03. The number of carbonyl (C=O) groups excluding carboxylic acids is 4. The van der Waals surface area contributed by atoms with Gasteiger partial charge in [0.1, 0.15) is 12.3 Å². The van der Waals surface area contributed by atoms with E-state index >= 15 is 0 Å². The average molecular weight is 481 g/mol. The number of ether oxygens (including phenoxy) is 3. The lowest BCUT2D eigenvalue weighted by molar-refractivity contribution is -0.250. The van der Waals surface area contributed by atoms with Gasteiger partial charge in [-0.3, -0.25) is 19.3 Å². The summed E-state index contributed by atoms with van der Waals surface area (Å²) in [5.74, 6) is -2.79. The Bertz CT molecular complexity index is 1130. The zero-order chi connectivity index (χ0) is 25.6. The maximum Gasteiger partial charge on any atom is 0.355 e. The van der Waals surface area contributed by atoms with Gasteiger partial charge in [0.2, 0.25) is 12.1 Å². The molecule has 1 aliphatic rings. The molecule has 1 fully saturated rings. The van der Waals surface area contributed by atoms with Crippen LogP contribution in [-0.4, -0.2) is 47.7 Å². The van der Waals surface area contributed by atoms with E-state index in [4.69, 9.17) is 14.2 Å². The molecule has 2 atom stereocenters. The predicted molar refractivity (Wildman–Crippen MR) is 125 cm³/mol. The molecule has 9 nitrogen and oxygen atoms in total. The molecule has 3 rings (SSSR count). The SMILES string of the molecule is COC1(NC(=O)Cc2ccccc2)C(=O)N(C(C(=O)OCc2ccccc2)=C(C)C)C1OC(C)=O. The largest absolute Gasteiger partial charge is 0.456 e. The minimum Gasteiger partial charge on any atom is -0.456 e. The highest BCUT2D eigenvalue weighted by atomic mass is 16.6. The number of allylic oxidation sites excluding steroid dienone is 1. The summed E-state index contributed by atoms with van der Waals surface area (Å²) in [7, 11) is 1.21. The van der Waals surface area contributed by atoms with E-state index in [1.54, 1.807) is 50.2 Å². The van der Waals surface area contributed by atoms with Crippen LogP contribution >= 0.6 is 0 Å². The number of β-lactam (4-membered cyclic amide) rings is 1. The van der Waals surface area contributed by atoms with Crippen LogP contribution in [0.25, 0.3) is 0 Å². The van der Waals surface area contributed by atoms with Crippen molar-refractivity contribution < 1.29 is 33.4 Å². The van der Waals surface area contributed by atoms with Crippen molar-refractivity contribution in [2.24, 2.45) is 0 Å². The number of methoxy groups -OCH3 is 1. The molecule has 1 N–H and O–H groups in total. The first-order valence-corrected chi connectivity index (χ1v) is 11.0. The topological polar surface area (TPSA) is 111 Å². The van der Waals surface area contributed by atoms with Crippen molar-refractivity contribution in [3.05, 3.63) is 83.1 Å². The molecular weight excluding hydrogens is 452 g/mol. The standard InChI is InChI=1S/C26H28N2O7/c1-17(2)22(23(31)34-16-20-13-9-6-10-14-20)28-24(32)26(33-4,25(28)35-18(3)29)27-21(30)15-19-11-7-5-8-12-19/h5-14,25H,15-16H2,1-4H3,(H,27,30). The lowest BCUT2D eigenvalue weighted by Crippen LogP contribution is -2.82. The second kappa shape index (κ2) is 11.0. The second-order valence-electron chi connectivity index (χ2n) is 8.20. The van der Waals surface area contributed by atoms with Gasteiger partial charge >= 0.3 is 11.9 Å². The van der Waals surface area contributed by atoms with Gasteiger partial charge in [0, 0.05) is 14.0 Å². The molecule has 2 aromatic carbocycles. The number of nitrogens with zero attached hydrogens (tertiary/aromatic N) is 1. The zero-order valence-corrected chi connectivity index (χ0v) is 20.1. The third-order valence-corrected chi connectivity index (χ3v) is 5.37. The number of esters is 2. The highest BCUT2D eigenvalue weighted by Gasteiger charge is 2.67. The van der Waals surface area contributed by atoms with Gasteiger partial charge in [0.15, 0.2) is 0 Å². The van der Waals surface area contributed by atoms with Crippen LogP contribution in [-0.2, 0) is 46.4 Å². The predicted octanol–water partition coefficient (Wildman–Crippen LogP) is 2.46. The monoisotopic (exact) mass is 480 g/mol. The van der Waals surface area contributed by atoms with E-state index in [0.717, 1.165) is 23.0 Å². The van der Waals surface area contributed by atoms with Crippen LogP contribution in [0.3, 0.4) is 0 Å². The number of hydrogen-bond donors (Lipinski definition) is 1. The Morgan fingerprint density at radius 3 is 2.03 bits per heavy atom. The van der Waals surface area contributed by atoms with Gasteiger partial charge in [-0.25, -0.2) is 4.79 Å². The van der Waals surface area contributed by atoms with Crippen molar-refractivity contribution in [1.82, 2.24) is 10.2 Å². The molecule has 2 amide bonds. The minimum absolute atomic E-state index is 0.0139. The van der Waals surface area contributed by atoms with Crippen LogP contribution in [0.4, 0.5) is 0 Å². The van der Waals surface area contributed by atoms with Crippen molar-refractivity contribution in [3.63, 3.8) is 0 Å². The van der Waals surface area contributed by atoms with Crippen LogP contribution in [0.2, 0.25) is 0 Å². The van der Waals surface area contributed by atoms with Gasteiger partial charge in [-0.1, -0.05) is 60.7 Å². The molecule has 0 spiro atoms. The van der Waals surface area contributed by atoms with Gasteiger partial charge in [-0.2, -0.15) is 0 Å². The lowest BCUT2D eigenvalue weighted by Gasteiger charge is -2.52. The van der Waals surface area contributed by atoms with E-state index in [-0.39, 0.29) is 18.7 Å². The van der Waals surface area contributed by atoms with Crippen LogP contribution in [0, 0.1) is 0 Å². The number of hydrogen-bond acceptors (Lipinski definition) is 7. The fourth-order valence-corrected chi connectivity index (χ4v) is 3.74. The summed E-state index contributed by atoms with van der Waals surface area (Å²) in [5, 5.41) is 2.55. The molecule has 0 bridgehead atoms. The van der Waals surface area contributed by atoms with Gasteiger partial charge in [0.25, 0.3) is 11.6 Å². The van der Waals surface area contributed by atoms with E-state index in [1.807, 2.05) is 24.3 Å². The maximum absolute atomic E-state index is 13.4. The van der Waals surface area contributed by atoms with Crippen molar-refractivity contribution in [1.29, 1.82) is 0 Å². The molecule has 1 heterocycles. The first-order chi connectivity index (χ1) is 16.7. The Hall–Kier alpha value is -3.98. The van der Waals surface area contributed by atoms with Crippen molar-refractivity contribution in [3.8, 4) is 0 Å². The van der Waals surface area contributed by atoms with E-state index < -0.39 is 35.7 Å². The Balaban J connectivity index is 1.84. The third kappa shape index (κ3) is 5.58. The summed E-state index contributed by atoms with van der Waals surface area (Å²) in [4.78, 5) is 52.0. The highest BCUT2D eigenvalue weighted by Crippen LogP contribution is 2.38. The van der Waals surface area contributed by atoms with Crippen molar-refractivity contribution in [2.75, 3.05) is 7.11 Å². The molecule has 2 unspecified atom stereocenters. The van der Waals surface area contributed by atoms with E-state index in [0.29, 0.717) is 5.57 Å². The fraction of sp³-hybridized carbons (Fsp3) is 0.308. The number of amides is 2. The quantitative estimate of drug-likeness (QED) is 0.254. The molecule has 0 radical (unpaired) electrons. The zero-order valence-electron chi connectivity index (χ0n) is 20.1. The van der Waals surface area contributed by atoms with E-state index in [9.17, 15) is 19.2 Å². The Labute approximate surface area is 203 Å². The van der Waals surface area contributed by atoms with Gasteiger partial charge in [-0.05, 0) is 30.5 Å². The summed E-state index contributed by atoms with van der Waals surface area (Å²) in [5.41, 5.74) is -0.146. The second-order valence-corrected chi connectivity index (χ2v) is 8.20. The molecule has 2 aromatic rings. The summed E-state index contributed by atoms with van der Waals surface area (Å²) in [6, 6.07) is 18.0. The van der Waals surface area contributed by atoms with Crippen LogP contribution in [0.15, 0.2) is 71.9 Å². The van der Waals surface area contributed by atoms with Crippen LogP contribution in [0.5, 0.6) is 0 Å². The Morgan fingerprint density at radius 2 is 1.51 bits per heavy atom. The molecule has 35 heavy (non-hydrogen) atoms. The van der Waals surface area contributed by atoms with Gasteiger partial charge in [0.05, 0.1) is 6.42 Å². The number of benzene rings is 2. The normalized spacial score (nSPS) is 18.8. The summed E-state index contributed by atoms with van der Waals surface area (Å²) in [6.45, 7) is 4.39. The molecule has 0 aromatic heterocycles. The fourth-order valence-electron chi connectivity index (χ4n) is 3.74. The molecule has 9 heteroatoms. The van der Waals surface area contributed by atoms with Crippen LogP contribution in [0.1, 0.15) is 31.9 Å². The smallest absolute Gasteiger partial charge is 0.355 e. The number of rotatable bonds is 9. The number of likely N-dealkylation sites (tertiary alicyclic amines) is 1. The van der Waals surface area contributed by atoms with Gasteiger partial charge < -0.3 is 19.5 Å². The van der Waals surface area contributed by atoms with E-state index in [2.05, 4.69) is 5.32 Å². The lowest BCUT2D eigenvalue weighted by atomic mass is 9.95. The molecule has 0 aliphatic carbocycles. The number of carbonyl (C=O) groups is 4.